The predicted molar refractivity (Wildman–Crippen MR) is 97.5 cm³/mol. The number of nitrogens with zero attached hydrogens (tertiary/aromatic N) is 2. The molecular formula is C20H23F5N2O. The van der Waals surface area contributed by atoms with Gasteiger partial charge in [-0.05, 0) is 43.5 Å². The molecule has 1 fully saturated rings. The average Bonchev–Trinajstić information content (AvgIpc) is 3.05. The number of halogens is 5. The third kappa shape index (κ3) is 4.91. The minimum absolute atomic E-state index is 0.117. The van der Waals surface area contributed by atoms with Crippen LogP contribution in [-0.4, -0.2) is 48.6 Å². The highest BCUT2D eigenvalue weighted by molar-refractivity contribution is 6.00. The lowest BCUT2D eigenvalue weighted by molar-refractivity contribution is -0.140. The van der Waals surface area contributed by atoms with Gasteiger partial charge < -0.3 is 9.80 Å². The van der Waals surface area contributed by atoms with Crippen molar-refractivity contribution in [3.8, 4) is 0 Å². The van der Waals surface area contributed by atoms with E-state index < -0.39 is 29.6 Å². The fourth-order valence-electron chi connectivity index (χ4n) is 3.09. The molecule has 0 bridgehead atoms. The molecule has 1 heterocycles. The van der Waals surface area contributed by atoms with E-state index in [0.717, 1.165) is 6.07 Å². The Morgan fingerprint density at radius 3 is 2.50 bits per heavy atom. The van der Waals surface area contributed by atoms with E-state index in [1.807, 2.05) is 0 Å². The van der Waals surface area contributed by atoms with Crippen molar-refractivity contribution in [1.82, 2.24) is 9.80 Å². The number of hydrogen-bond donors (Lipinski definition) is 0. The van der Waals surface area contributed by atoms with Crippen molar-refractivity contribution >= 4 is 11.5 Å². The number of likely N-dealkylation sites (tertiary alicyclic amines) is 1. The molecule has 1 aliphatic rings. The second kappa shape index (κ2) is 8.32. The summed E-state index contributed by atoms with van der Waals surface area (Å²) in [6, 6.07) is 2.65. The number of allylic oxidation sites excluding steroid dienone is 1. The van der Waals surface area contributed by atoms with E-state index in [-0.39, 0.29) is 24.2 Å². The maximum Gasteiger partial charge on any atom is 0.419 e. The number of alkyl halides is 4. The van der Waals surface area contributed by atoms with Crippen LogP contribution in [0.4, 0.5) is 22.0 Å². The maximum absolute atomic E-state index is 13.5. The smallest absolute Gasteiger partial charge is 0.371 e. The number of benzene rings is 1. The molecule has 0 radical (unpaired) electrons. The van der Waals surface area contributed by atoms with Crippen molar-refractivity contribution in [2.75, 3.05) is 26.7 Å². The Morgan fingerprint density at radius 2 is 1.96 bits per heavy atom. The van der Waals surface area contributed by atoms with Gasteiger partial charge in [0, 0.05) is 31.4 Å². The number of carbonyl (C=O) groups excluding carboxylic acids is 1. The topological polar surface area (TPSA) is 23.6 Å². The summed E-state index contributed by atoms with van der Waals surface area (Å²) in [5.41, 5.74) is -0.104. The summed E-state index contributed by atoms with van der Waals surface area (Å²) in [6.07, 6.45) is -5.32. The molecule has 0 N–H and O–H groups in total. The van der Waals surface area contributed by atoms with Crippen LogP contribution in [0.25, 0.3) is 5.57 Å². The maximum atomic E-state index is 13.5. The summed E-state index contributed by atoms with van der Waals surface area (Å²) in [4.78, 5) is 15.8. The Kier molecular flexibility index (Phi) is 6.52. The Labute approximate surface area is 161 Å². The zero-order chi connectivity index (χ0) is 21.2. The molecule has 0 aromatic heterocycles. The molecule has 3 nitrogen and oxygen atoms in total. The van der Waals surface area contributed by atoms with Crippen LogP contribution in [0.15, 0.2) is 36.0 Å². The van der Waals surface area contributed by atoms with Gasteiger partial charge in [0.05, 0.1) is 12.1 Å². The van der Waals surface area contributed by atoms with Gasteiger partial charge in [0.15, 0.2) is 0 Å². The molecule has 1 aliphatic heterocycles. The number of likely N-dealkylation sites (N-methyl/N-ethyl adjacent to an activating group) is 1. The molecule has 1 amide bonds. The summed E-state index contributed by atoms with van der Waals surface area (Å²) < 4.78 is 65.6. The standard InChI is InChI=1S/C20H23F5N2O/c1-12(27-8-7-16(21)11-27)10-26(4)19(28)14(3)13(2)15-5-6-18(22)17(9-15)20(23,24)25/h5-6,9,16H,1,7-8,10-11H2,2-4H3/b14-13-. The van der Waals surface area contributed by atoms with Crippen molar-refractivity contribution in [2.24, 2.45) is 0 Å². The first kappa shape index (κ1) is 21.9. The van der Waals surface area contributed by atoms with Crippen LogP contribution in [0, 0.1) is 5.82 Å². The van der Waals surface area contributed by atoms with Crippen LogP contribution < -0.4 is 0 Å². The van der Waals surface area contributed by atoms with Gasteiger partial charge in [0.25, 0.3) is 0 Å². The highest BCUT2D eigenvalue weighted by Crippen LogP contribution is 2.33. The van der Waals surface area contributed by atoms with Crippen LogP contribution in [0.5, 0.6) is 0 Å². The van der Waals surface area contributed by atoms with E-state index in [1.54, 1.807) is 11.9 Å². The summed E-state index contributed by atoms with van der Waals surface area (Å²) in [5.74, 6) is -1.76. The summed E-state index contributed by atoms with van der Waals surface area (Å²) in [5, 5.41) is 0. The van der Waals surface area contributed by atoms with Crippen molar-refractivity contribution in [3.05, 3.63) is 53.0 Å². The fourth-order valence-corrected chi connectivity index (χ4v) is 3.09. The predicted octanol–water partition coefficient (Wildman–Crippen LogP) is 4.65. The van der Waals surface area contributed by atoms with Gasteiger partial charge in [-0.15, -0.1) is 0 Å². The van der Waals surface area contributed by atoms with Gasteiger partial charge in [-0.25, -0.2) is 8.78 Å². The third-order valence-corrected chi connectivity index (χ3v) is 4.93. The van der Waals surface area contributed by atoms with Crippen LogP contribution in [0.1, 0.15) is 31.4 Å². The normalized spacial score (nSPS) is 18.1. The molecule has 28 heavy (non-hydrogen) atoms. The number of hydrogen-bond acceptors (Lipinski definition) is 2. The average molecular weight is 402 g/mol. The molecule has 154 valence electrons. The Balaban J connectivity index is 2.18. The van der Waals surface area contributed by atoms with Gasteiger partial charge >= 0.3 is 6.18 Å². The second-order valence-electron chi connectivity index (χ2n) is 7.00. The van der Waals surface area contributed by atoms with Crippen LogP contribution >= 0.6 is 0 Å². The van der Waals surface area contributed by atoms with E-state index in [0.29, 0.717) is 30.3 Å². The van der Waals surface area contributed by atoms with Gasteiger partial charge in [0.2, 0.25) is 5.91 Å². The Hall–Kier alpha value is -2.38. The van der Waals surface area contributed by atoms with E-state index >= 15 is 0 Å². The fraction of sp³-hybridized carbons (Fsp3) is 0.450. The van der Waals surface area contributed by atoms with Crippen molar-refractivity contribution in [2.45, 2.75) is 32.6 Å². The number of amides is 1. The van der Waals surface area contributed by atoms with E-state index in [9.17, 15) is 26.7 Å². The highest BCUT2D eigenvalue weighted by Gasteiger charge is 2.34. The lowest BCUT2D eigenvalue weighted by Gasteiger charge is -2.26. The van der Waals surface area contributed by atoms with Gasteiger partial charge in [-0.1, -0.05) is 12.6 Å². The Bertz CT molecular complexity index is 800. The molecular weight excluding hydrogens is 379 g/mol. The molecule has 1 atom stereocenters. The third-order valence-electron chi connectivity index (χ3n) is 4.93. The molecule has 1 saturated heterocycles. The van der Waals surface area contributed by atoms with Crippen LogP contribution in [0.2, 0.25) is 0 Å². The Morgan fingerprint density at radius 1 is 1.32 bits per heavy atom. The largest absolute Gasteiger partial charge is 0.419 e. The molecule has 1 aromatic rings. The minimum atomic E-state index is -4.82. The van der Waals surface area contributed by atoms with E-state index in [4.69, 9.17) is 0 Å². The van der Waals surface area contributed by atoms with Crippen LogP contribution in [-0.2, 0) is 11.0 Å². The number of rotatable bonds is 5. The highest BCUT2D eigenvalue weighted by atomic mass is 19.4. The molecule has 0 spiro atoms. The van der Waals surface area contributed by atoms with Gasteiger partial charge in [-0.3, -0.25) is 4.79 Å². The zero-order valence-corrected chi connectivity index (χ0v) is 16.0. The monoisotopic (exact) mass is 402 g/mol. The van der Waals surface area contributed by atoms with Crippen molar-refractivity contribution in [3.63, 3.8) is 0 Å². The first-order valence-electron chi connectivity index (χ1n) is 8.78. The summed E-state index contributed by atoms with van der Waals surface area (Å²) >= 11 is 0. The SMILES string of the molecule is C=C(CN(C)C(=O)/C(C)=C(/C)c1ccc(F)c(C(F)(F)F)c1)N1CCC(F)C1. The quantitative estimate of drug-likeness (QED) is 0.529. The molecule has 1 aromatic carbocycles. The van der Waals surface area contributed by atoms with E-state index in [1.165, 1.54) is 24.8 Å². The van der Waals surface area contributed by atoms with Gasteiger partial charge in [0.1, 0.15) is 12.0 Å². The number of carbonyl (C=O) groups is 1. The molecule has 0 saturated carbocycles. The zero-order valence-electron chi connectivity index (χ0n) is 16.0. The summed E-state index contributed by atoms with van der Waals surface area (Å²) in [7, 11) is 1.54. The minimum Gasteiger partial charge on any atom is -0.371 e. The van der Waals surface area contributed by atoms with Crippen molar-refractivity contribution < 1.29 is 26.7 Å². The van der Waals surface area contributed by atoms with Gasteiger partial charge in [-0.2, -0.15) is 13.2 Å². The second-order valence-corrected chi connectivity index (χ2v) is 7.00. The lowest BCUT2D eigenvalue weighted by Crippen LogP contribution is -2.34. The summed E-state index contributed by atoms with van der Waals surface area (Å²) in [6.45, 7) is 7.85. The van der Waals surface area contributed by atoms with Crippen molar-refractivity contribution in [1.29, 1.82) is 0 Å². The molecule has 1 unspecified atom stereocenters. The van der Waals surface area contributed by atoms with E-state index in [2.05, 4.69) is 6.58 Å². The molecule has 8 heteroatoms. The lowest BCUT2D eigenvalue weighted by atomic mass is 9.99. The first-order chi connectivity index (χ1) is 12.9. The first-order valence-corrected chi connectivity index (χ1v) is 8.78. The van der Waals surface area contributed by atoms with Crippen LogP contribution in [0.3, 0.4) is 0 Å². The molecule has 2 rings (SSSR count). The molecule has 0 aliphatic carbocycles.